The van der Waals surface area contributed by atoms with Crippen molar-refractivity contribution in [3.8, 4) is 5.69 Å². The first kappa shape index (κ1) is 19.9. The van der Waals surface area contributed by atoms with Gasteiger partial charge in [0, 0.05) is 31.4 Å². The van der Waals surface area contributed by atoms with Gasteiger partial charge in [0.1, 0.15) is 5.69 Å². The summed E-state index contributed by atoms with van der Waals surface area (Å²) >= 11 is 0. The molecule has 1 fully saturated rings. The number of nitro groups is 1. The molecule has 8 nitrogen and oxygen atoms in total. The fourth-order valence-corrected chi connectivity index (χ4v) is 3.27. The minimum Gasteiger partial charge on any atom is -0.333 e. The third kappa shape index (κ3) is 3.86. The van der Waals surface area contributed by atoms with E-state index >= 15 is 0 Å². The molecule has 0 saturated carbocycles. The predicted molar refractivity (Wildman–Crippen MR) is 99.7 cm³/mol. The number of rotatable bonds is 4. The van der Waals surface area contributed by atoms with Gasteiger partial charge in [-0.1, -0.05) is 19.1 Å². The van der Waals surface area contributed by atoms with E-state index in [9.17, 15) is 14.9 Å². The molecule has 0 aliphatic carbocycles. The van der Waals surface area contributed by atoms with E-state index in [1.54, 1.807) is 35.4 Å². The van der Waals surface area contributed by atoms with Crippen molar-refractivity contribution in [1.29, 1.82) is 0 Å². The molecule has 1 amide bonds. The van der Waals surface area contributed by atoms with Crippen LogP contribution in [0, 0.1) is 16.0 Å². The molecule has 9 heteroatoms. The monoisotopic (exact) mass is 379 g/mol. The summed E-state index contributed by atoms with van der Waals surface area (Å²) < 4.78 is 1.37. The van der Waals surface area contributed by atoms with Crippen LogP contribution in [-0.4, -0.2) is 44.6 Å². The van der Waals surface area contributed by atoms with Gasteiger partial charge < -0.3 is 10.6 Å². The van der Waals surface area contributed by atoms with Gasteiger partial charge in [-0.2, -0.15) is 5.10 Å². The summed E-state index contributed by atoms with van der Waals surface area (Å²) in [6, 6.07) is 7.90. The number of benzene rings is 1. The van der Waals surface area contributed by atoms with E-state index in [1.165, 1.54) is 10.7 Å². The molecule has 1 saturated heterocycles. The van der Waals surface area contributed by atoms with Crippen molar-refractivity contribution in [2.45, 2.75) is 25.8 Å². The zero-order chi connectivity index (χ0) is 18.0. The second-order valence-electron chi connectivity index (χ2n) is 6.41. The highest BCUT2D eigenvalue weighted by Crippen LogP contribution is 2.25. The van der Waals surface area contributed by atoms with Gasteiger partial charge in [-0.3, -0.25) is 14.9 Å². The third-order valence-electron chi connectivity index (χ3n) is 4.64. The van der Waals surface area contributed by atoms with Crippen molar-refractivity contribution in [3.63, 3.8) is 0 Å². The van der Waals surface area contributed by atoms with Crippen LogP contribution in [-0.2, 0) is 0 Å². The lowest BCUT2D eigenvalue weighted by molar-refractivity contribution is -0.384. The number of likely N-dealkylation sites (tertiary alicyclic amines) is 1. The number of piperidine rings is 1. The van der Waals surface area contributed by atoms with E-state index < -0.39 is 4.92 Å². The third-order valence-corrected chi connectivity index (χ3v) is 4.64. The van der Waals surface area contributed by atoms with Gasteiger partial charge in [-0.25, -0.2) is 4.68 Å². The van der Waals surface area contributed by atoms with Crippen LogP contribution in [0.1, 0.15) is 30.3 Å². The lowest BCUT2D eigenvalue weighted by Gasteiger charge is -2.37. The van der Waals surface area contributed by atoms with E-state index in [4.69, 9.17) is 5.73 Å². The normalized spacial score (nSPS) is 19.7. The van der Waals surface area contributed by atoms with Gasteiger partial charge in [0.2, 0.25) is 0 Å². The molecule has 1 aliphatic heterocycles. The number of nitrogens with zero attached hydrogens (tertiary/aromatic N) is 4. The molecule has 2 atom stereocenters. The van der Waals surface area contributed by atoms with Crippen molar-refractivity contribution < 1.29 is 9.72 Å². The van der Waals surface area contributed by atoms with Crippen LogP contribution in [0.2, 0.25) is 0 Å². The first-order valence-corrected chi connectivity index (χ1v) is 8.31. The SMILES string of the molecule is CC1CCN(C(=O)c2ccn(-c3ccccc3[N+](=O)[O-])n2)C(CN)C1.Cl. The average Bonchev–Trinajstić information content (AvgIpc) is 3.11. The number of nitrogens with two attached hydrogens (primary N) is 1. The summed E-state index contributed by atoms with van der Waals surface area (Å²) in [6.45, 7) is 3.23. The van der Waals surface area contributed by atoms with Crippen molar-refractivity contribution in [2.24, 2.45) is 11.7 Å². The molecule has 1 aromatic carbocycles. The number of para-hydroxylation sites is 2. The maximum atomic E-state index is 12.8. The van der Waals surface area contributed by atoms with Crippen LogP contribution < -0.4 is 5.73 Å². The largest absolute Gasteiger partial charge is 0.333 e. The second kappa shape index (κ2) is 8.29. The van der Waals surface area contributed by atoms with Crippen LogP contribution in [0.4, 0.5) is 5.69 Å². The van der Waals surface area contributed by atoms with E-state index in [0.717, 1.165) is 12.8 Å². The minimum atomic E-state index is -0.463. The van der Waals surface area contributed by atoms with Crippen LogP contribution in [0.25, 0.3) is 5.69 Å². The Hall–Kier alpha value is -2.45. The summed E-state index contributed by atoms with van der Waals surface area (Å²) in [5, 5.41) is 15.4. The Morgan fingerprint density at radius 3 is 2.81 bits per heavy atom. The fraction of sp³-hybridized carbons (Fsp3) is 0.412. The van der Waals surface area contributed by atoms with E-state index in [-0.39, 0.29) is 35.7 Å². The molecule has 140 valence electrons. The number of hydrogen-bond donors (Lipinski definition) is 1. The molecule has 0 bridgehead atoms. The Morgan fingerprint density at radius 1 is 1.38 bits per heavy atom. The summed E-state index contributed by atoms with van der Waals surface area (Å²) in [7, 11) is 0. The number of nitro benzene ring substituents is 1. The van der Waals surface area contributed by atoms with Crippen LogP contribution in [0.15, 0.2) is 36.5 Å². The van der Waals surface area contributed by atoms with Gasteiger partial charge in [0.25, 0.3) is 11.6 Å². The maximum Gasteiger partial charge on any atom is 0.294 e. The molecule has 2 unspecified atom stereocenters. The second-order valence-corrected chi connectivity index (χ2v) is 6.41. The quantitative estimate of drug-likeness (QED) is 0.648. The van der Waals surface area contributed by atoms with E-state index in [1.807, 2.05) is 0 Å². The van der Waals surface area contributed by atoms with Crippen LogP contribution in [0.3, 0.4) is 0 Å². The molecule has 0 radical (unpaired) electrons. The van der Waals surface area contributed by atoms with Gasteiger partial charge in [-0.05, 0) is 30.9 Å². The zero-order valence-corrected chi connectivity index (χ0v) is 15.3. The lowest BCUT2D eigenvalue weighted by atomic mass is 9.92. The number of hydrogen-bond acceptors (Lipinski definition) is 5. The number of amides is 1. The molecule has 1 aliphatic rings. The maximum absolute atomic E-state index is 12.8. The van der Waals surface area contributed by atoms with Crippen molar-refractivity contribution in [2.75, 3.05) is 13.1 Å². The first-order valence-electron chi connectivity index (χ1n) is 8.31. The standard InChI is InChI=1S/C17H21N5O3.ClH/c1-12-6-8-20(13(10-12)11-18)17(23)14-7-9-21(19-14)15-4-2-3-5-16(15)22(24)25;/h2-5,7,9,12-13H,6,8,10-11,18H2,1H3;1H. The van der Waals surface area contributed by atoms with Crippen LogP contribution >= 0.6 is 12.4 Å². The molecule has 26 heavy (non-hydrogen) atoms. The average molecular weight is 380 g/mol. The first-order chi connectivity index (χ1) is 12.0. The topological polar surface area (TPSA) is 107 Å². The summed E-state index contributed by atoms with van der Waals surface area (Å²) in [5.41, 5.74) is 6.37. The molecule has 1 aromatic heterocycles. The highest BCUT2D eigenvalue weighted by atomic mass is 35.5. The molecular weight excluding hydrogens is 358 g/mol. The Morgan fingerprint density at radius 2 is 2.12 bits per heavy atom. The van der Waals surface area contributed by atoms with Crippen molar-refractivity contribution in [3.05, 3.63) is 52.3 Å². The number of carbonyl (C=O) groups is 1. The number of halogens is 1. The molecule has 2 N–H and O–H groups in total. The fourth-order valence-electron chi connectivity index (χ4n) is 3.27. The Balaban J connectivity index is 0.00000243. The highest BCUT2D eigenvalue weighted by molar-refractivity contribution is 5.92. The van der Waals surface area contributed by atoms with E-state index in [0.29, 0.717) is 24.7 Å². The Labute approximate surface area is 157 Å². The van der Waals surface area contributed by atoms with Gasteiger partial charge in [0.15, 0.2) is 5.69 Å². The smallest absolute Gasteiger partial charge is 0.294 e. The van der Waals surface area contributed by atoms with Crippen molar-refractivity contribution in [1.82, 2.24) is 14.7 Å². The molecule has 3 rings (SSSR count). The molecular formula is C17H22ClN5O3. The summed E-state index contributed by atoms with van der Waals surface area (Å²) in [5.74, 6) is 0.363. The van der Waals surface area contributed by atoms with Gasteiger partial charge in [-0.15, -0.1) is 12.4 Å². The van der Waals surface area contributed by atoms with Crippen LogP contribution in [0.5, 0.6) is 0 Å². The summed E-state index contributed by atoms with van der Waals surface area (Å²) in [4.78, 5) is 25.3. The van der Waals surface area contributed by atoms with Crippen molar-refractivity contribution >= 4 is 24.0 Å². The zero-order valence-electron chi connectivity index (χ0n) is 14.4. The molecule has 2 heterocycles. The molecule has 0 spiro atoms. The lowest BCUT2D eigenvalue weighted by Crippen LogP contribution is -2.49. The highest BCUT2D eigenvalue weighted by Gasteiger charge is 2.30. The van der Waals surface area contributed by atoms with Gasteiger partial charge in [0.05, 0.1) is 4.92 Å². The van der Waals surface area contributed by atoms with Gasteiger partial charge >= 0.3 is 0 Å². The van der Waals surface area contributed by atoms with E-state index in [2.05, 4.69) is 12.0 Å². The Kier molecular flexibility index (Phi) is 6.33. The Bertz CT molecular complexity index is 794. The molecule has 2 aromatic rings. The summed E-state index contributed by atoms with van der Waals surface area (Å²) in [6.07, 6.45) is 3.39. The number of carbonyl (C=O) groups excluding carboxylic acids is 1. The minimum absolute atomic E-state index is 0. The number of aromatic nitrogens is 2. The predicted octanol–water partition coefficient (Wildman–Crippen LogP) is 2.40.